The van der Waals surface area contributed by atoms with Gasteiger partial charge in [-0.05, 0) is 49.4 Å². The number of carbonyl (C=O) groups is 1. The molecule has 1 aromatic heterocycles. The minimum atomic E-state index is 0.0114. The molecule has 1 atom stereocenters. The number of hydrogen-bond donors (Lipinski definition) is 1. The summed E-state index contributed by atoms with van der Waals surface area (Å²) in [5, 5.41) is 5.01. The van der Waals surface area contributed by atoms with Crippen LogP contribution in [0, 0.1) is 5.92 Å². The van der Waals surface area contributed by atoms with Crippen LogP contribution in [0.3, 0.4) is 0 Å². The molecule has 1 amide bonds. The fourth-order valence-corrected chi connectivity index (χ4v) is 5.20. The van der Waals surface area contributed by atoms with Crippen molar-refractivity contribution in [2.24, 2.45) is 5.92 Å². The van der Waals surface area contributed by atoms with Crippen LogP contribution in [0.1, 0.15) is 12.8 Å². The van der Waals surface area contributed by atoms with Crippen LogP contribution < -0.4 is 5.32 Å². The molecule has 4 nitrogen and oxygen atoms in total. The van der Waals surface area contributed by atoms with Gasteiger partial charge in [0, 0.05) is 18.7 Å². The number of fused-ring (bicyclic) bond motifs is 4. The average molecular weight is 345 g/mol. The lowest BCUT2D eigenvalue weighted by atomic mass is 9.84. The fraction of sp³-hybridized carbons (Fsp3) is 0.412. The maximum absolute atomic E-state index is 12.1. The molecular weight excluding hydrogens is 326 g/mol. The van der Waals surface area contributed by atoms with Crippen molar-refractivity contribution in [2.45, 2.75) is 23.2 Å². The maximum atomic E-state index is 12.1. The van der Waals surface area contributed by atoms with Gasteiger partial charge < -0.3 is 10.2 Å². The number of nitrogens with one attached hydrogen (secondary N) is 1. The molecule has 23 heavy (non-hydrogen) atoms. The van der Waals surface area contributed by atoms with Crippen molar-refractivity contribution >= 4 is 39.2 Å². The largest absolute Gasteiger partial charge is 0.348 e. The second-order valence-electron chi connectivity index (χ2n) is 6.12. The molecule has 3 fully saturated rings. The Balaban J connectivity index is 1.32. The van der Waals surface area contributed by atoms with E-state index in [1.807, 2.05) is 23.6 Å². The van der Waals surface area contributed by atoms with E-state index in [0.717, 1.165) is 16.4 Å². The number of nitrogens with zero attached hydrogens (tertiary/aromatic N) is 2. The van der Waals surface area contributed by atoms with Crippen LogP contribution in [0.4, 0.5) is 0 Å². The van der Waals surface area contributed by atoms with Crippen LogP contribution in [0.2, 0.25) is 0 Å². The molecule has 0 aliphatic carbocycles. The Morgan fingerprint density at radius 1 is 1.35 bits per heavy atom. The molecule has 0 radical (unpaired) electrons. The first-order valence-electron chi connectivity index (χ1n) is 7.99. The summed E-state index contributed by atoms with van der Waals surface area (Å²) in [5.41, 5.74) is 1.02. The molecule has 2 bridgehead atoms. The molecule has 1 aromatic carbocycles. The van der Waals surface area contributed by atoms with E-state index in [0.29, 0.717) is 12.0 Å². The van der Waals surface area contributed by atoms with Crippen molar-refractivity contribution in [1.29, 1.82) is 0 Å². The Hall–Kier alpha value is -1.37. The van der Waals surface area contributed by atoms with Gasteiger partial charge in [-0.1, -0.05) is 23.9 Å². The van der Waals surface area contributed by atoms with Crippen molar-refractivity contribution in [3.63, 3.8) is 0 Å². The van der Waals surface area contributed by atoms with E-state index in [9.17, 15) is 4.79 Å². The summed E-state index contributed by atoms with van der Waals surface area (Å²) in [6.07, 6.45) is 4.07. The third-order valence-electron chi connectivity index (χ3n) is 4.65. The SMILES string of the molecule is O=C(/C=C/Sc1nc2ccccc2s1)NC1CN2CCC1CC2. The first-order chi connectivity index (χ1) is 11.3. The molecule has 6 heteroatoms. The zero-order valence-corrected chi connectivity index (χ0v) is 14.4. The van der Waals surface area contributed by atoms with E-state index in [1.165, 1.54) is 42.4 Å². The third-order valence-corrected chi connectivity index (χ3v) is 6.58. The number of thioether (sulfide) groups is 1. The minimum absolute atomic E-state index is 0.0114. The van der Waals surface area contributed by atoms with Gasteiger partial charge in [-0.15, -0.1) is 11.3 Å². The van der Waals surface area contributed by atoms with Gasteiger partial charge in [-0.2, -0.15) is 0 Å². The highest BCUT2D eigenvalue weighted by Crippen LogP contribution is 2.30. The van der Waals surface area contributed by atoms with Crippen molar-refractivity contribution in [3.05, 3.63) is 35.7 Å². The summed E-state index contributed by atoms with van der Waals surface area (Å²) in [6, 6.07) is 8.42. The summed E-state index contributed by atoms with van der Waals surface area (Å²) in [7, 11) is 0. The molecule has 4 heterocycles. The monoisotopic (exact) mass is 345 g/mol. The Bertz CT molecular complexity index is 701. The molecule has 120 valence electrons. The summed E-state index contributed by atoms with van der Waals surface area (Å²) in [6.45, 7) is 3.40. The summed E-state index contributed by atoms with van der Waals surface area (Å²) < 4.78 is 2.15. The summed E-state index contributed by atoms with van der Waals surface area (Å²) in [5.74, 6) is 0.673. The van der Waals surface area contributed by atoms with Gasteiger partial charge in [0.25, 0.3) is 0 Å². The van der Waals surface area contributed by atoms with Gasteiger partial charge in [0.2, 0.25) is 5.91 Å². The summed E-state index contributed by atoms with van der Waals surface area (Å²) >= 11 is 3.16. The lowest BCUT2D eigenvalue weighted by molar-refractivity contribution is -0.118. The number of carbonyl (C=O) groups excluding carboxylic acids is 1. The number of thiazole rings is 1. The smallest absolute Gasteiger partial charge is 0.244 e. The molecule has 0 spiro atoms. The van der Waals surface area contributed by atoms with Crippen molar-refractivity contribution in [3.8, 4) is 0 Å². The third kappa shape index (κ3) is 3.44. The number of benzene rings is 1. The van der Waals surface area contributed by atoms with Gasteiger partial charge in [0.05, 0.1) is 10.2 Å². The van der Waals surface area contributed by atoms with Crippen LogP contribution in [0.5, 0.6) is 0 Å². The lowest BCUT2D eigenvalue weighted by Gasteiger charge is -2.44. The van der Waals surface area contributed by atoms with Crippen molar-refractivity contribution < 1.29 is 4.79 Å². The molecular formula is C17H19N3OS2. The molecule has 3 aliphatic rings. The minimum Gasteiger partial charge on any atom is -0.348 e. The lowest BCUT2D eigenvalue weighted by Crippen LogP contribution is -2.57. The first-order valence-corrected chi connectivity index (χ1v) is 9.69. The first kappa shape index (κ1) is 15.2. The number of amides is 1. The van der Waals surface area contributed by atoms with Gasteiger partial charge in [0.15, 0.2) is 4.34 Å². The number of hydrogen-bond acceptors (Lipinski definition) is 5. The predicted octanol–water partition coefficient (Wildman–Crippen LogP) is 3.11. The van der Waals surface area contributed by atoms with E-state index in [-0.39, 0.29) is 5.91 Å². The van der Waals surface area contributed by atoms with E-state index < -0.39 is 0 Å². The zero-order chi connectivity index (χ0) is 15.6. The predicted molar refractivity (Wildman–Crippen MR) is 95.7 cm³/mol. The molecule has 3 aliphatic heterocycles. The average Bonchev–Trinajstić information content (AvgIpc) is 2.98. The van der Waals surface area contributed by atoms with Crippen LogP contribution in [-0.4, -0.2) is 41.5 Å². The van der Waals surface area contributed by atoms with Gasteiger partial charge in [-0.3, -0.25) is 4.79 Å². The van der Waals surface area contributed by atoms with E-state index in [4.69, 9.17) is 0 Å². The number of para-hydroxylation sites is 1. The normalized spacial score (nSPS) is 26.9. The van der Waals surface area contributed by atoms with Crippen LogP contribution in [0.15, 0.2) is 40.1 Å². The highest BCUT2D eigenvalue weighted by Gasteiger charge is 2.34. The van der Waals surface area contributed by atoms with Crippen LogP contribution >= 0.6 is 23.1 Å². The number of rotatable bonds is 4. The van der Waals surface area contributed by atoms with Gasteiger partial charge in [0.1, 0.15) is 0 Å². The summed E-state index contributed by atoms with van der Waals surface area (Å²) in [4.78, 5) is 19.1. The zero-order valence-electron chi connectivity index (χ0n) is 12.8. The van der Waals surface area contributed by atoms with Gasteiger partial charge in [-0.25, -0.2) is 4.98 Å². The van der Waals surface area contributed by atoms with Crippen molar-refractivity contribution in [1.82, 2.24) is 15.2 Å². The highest BCUT2D eigenvalue weighted by atomic mass is 32.2. The second-order valence-corrected chi connectivity index (χ2v) is 8.30. The Morgan fingerprint density at radius 3 is 2.91 bits per heavy atom. The number of aromatic nitrogens is 1. The highest BCUT2D eigenvalue weighted by molar-refractivity contribution is 8.03. The molecule has 2 aromatic rings. The maximum Gasteiger partial charge on any atom is 0.244 e. The van der Waals surface area contributed by atoms with Crippen LogP contribution in [0.25, 0.3) is 10.2 Å². The topological polar surface area (TPSA) is 45.2 Å². The number of piperidine rings is 3. The Morgan fingerprint density at radius 2 is 2.17 bits per heavy atom. The Labute approximate surface area is 144 Å². The second kappa shape index (κ2) is 6.63. The van der Waals surface area contributed by atoms with Gasteiger partial charge >= 0.3 is 0 Å². The molecule has 0 saturated carbocycles. The van der Waals surface area contributed by atoms with E-state index in [2.05, 4.69) is 21.3 Å². The van der Waals surface area contributed by atoms with Crippen LogP contribution in [-0.2, 0) is 4.79 Å². The van der Waals surface area contributed by atoms with Crippen molar-refractivity contribution in [2.75, 3.05) is 19.6 Å². The standard InChI is InChI=1S/C17H19N3OS2/c21-16(18-14-11-20-8-5-12(14)6-9-20)7-10-22-17-19-13-3-1-2-4-15(13)23-17/h1-4,7,10,12,14H,5-6,8-9,11H2,(H,18,21)/b10-7+. The fourth-order valence-electron chi connectivity index (χ4n) is 3.41. The molecule has 5 rings (SSSR count). The van der Waals surface area contributed by atoms with E-state index in [1.54, 1.807) is 17.4 Å². The molecule has 1 unspecified atom stereocenters. The molecule has 3 saturated heterocycles. The Kier molecular flexibility index (Phi) is 4.37. The van der Waals surface area contributed by atoms with E-state index >= 15 is 0 Å². The molecule has 1 N–H and O–H groups in total. The quantitative estimate of drug-likeness (QED) is 0.683.